The maximum absolute atomic E-state index is 12.6. The number of carbonyl (C=O) groups excluding carboxylic acids is 1. The van der Waals surface area contributed by atoms with Gasteiger partial charge in [0.05, 0.1) is 18.8 Å². The lowest BCUT2D eigenvalue weighted by atomic mass is 10.1. The number of likely N-dealkylation sites (tertiary alicyclic amines) is 1. The number of benzene rings is 1. The van der Waals surface area contributed by atoms with Gasteiger partial charge in [-0.3, -0.25) is 9.69 Å². The minimum Gasteiger partial charge on any atom is -0.371 e. The SMILES string of the molecule is C[C@H](C(=O)N1CCCC1)N1CCO[C@@H](c2ccc(Cl)cc2)C1. The number of morpholine rings is 1. The summed E-state index contributed by atoms with van der Waals surface area (Å²) >= 11 is 5.94. The Kier molecular flexibility index (Phi) is 5.01. The van der Waals surface area contributed by atoms with Crippen LogP contribution in [0.15, 0.2) is 24.3 Å². The lowest BCUT2D eigenvalue weighted by Crippen LogP contribution is -2.50. The van der Waals surface area contributed by atoms with Gasteiger partial charge in [-0.2, -0.15) is 0 Å². The number of rotatable bonds is 3. The van der Waals surface area contributed by atoms with Gasteiger partial charge in [0.2, 0.25) is 5.91 Å². The zero-order chi connectivity index (χ0) is 15.5. The van der Waals surface area contributed by atoms with Crippen molar-refractivity contribution in [2.24, 2.45) is 0 Å². The smallest absolute Gasteiger partial charge is 0.239 e. The Morgan fingerprint density at radius 1 is 1.23 bits per heavy atom. The van der Waals surface area contributed by atoms with Gasteiger partial charge in [-0.1, -0.05) is 23.7 Å². The minimum absolute atomic E-state index is 0.0137. The van der Waals surface area contributed by atoms with Crippen LogP contribution in [0.3, 0.4) is 0 Å². The highest BCUT2D eigenvalue weighted by Gasteiger charge is 2.31. The molecule has 5 heteroatoms. The van der Waals surface area contributed by atoms with Gasteiger partial charge >= 0.3 is 0 Å². The van der Waals surface area contributed by atoms with Crippen LogP contribution < -0.4 is 0 Å². The molecule has 0 unspecified atom stereocenters. The molecule has 1 amide bonds. The summed E-state index contributed by atoms with van der Waals surface area (Å²) < 4.78 is 5.88. The third-order valence-corrected chi connectivity index (χ3v) is 4.91. The molecule has 0 N–H and O–H groups in total. The van der Waals surface area contributed by atoms with Crippen molar-refractivity contribution in [2.45, 2.75) is 31.9 Å². The number of nitrogens with zero attached hydrogens (tertiary/aromatic N) is 2. The molecule has 2 atom stereocenters. The maximum atomic E-state index is 12.6. The quantitative estimate of drug-likeness (QED) is 0.858. The van der Waals surface area contributed by atoms with E-state index in [1.54, 1.807) is 0 Å². The van der Waals surface area contributed by atoms with Gasteiger partial charge < -0.3 is 9.64 Å². The molecule has 0 saturated carbocycles. The van der Waals surface area contributed by atoms with Gasteiger partial charge in [0, 0.05) is 31.2 Å². The predicted molar refractivity (Wildman–Crippen MR) is 87.0 cm³/mol. The van der Waals surface area contributed by atoms with Gasteiger partial charge in [0.15, 0.2) is 0 Å². The van der Waals surface area contributed by atoms with E-state index < -0.39 is 0 Å². The molecular formula is C17H23ClN2O2. The van der Waals surface area contributed by atoms with Crippen molar-refractivity contribution < 1.29 is 9.53 Å². The monoisotopic (exact) mass is 322 g/mol. The topological polar surface area (TPSA) is 32.8 Å². The van der Waals surface area contributed by atoms with Gasteiger partial charge in [0.1, 0.15) is 0 Å². The molecule has 0 spiro atoms. The van der Waals surface area contributed by atoms with Crippen LogP contribution in [0.2, 0.25) is 5.02 Å². The first-order chi connectivity index (χ1) is 10.6. The van der Waals surface area contributed by atoms with Crippen LogP contribution in [0, 0.1) is 0 Å². The Bertz CT molecular complexity index is 514. The number of hydrogen-bond donors (Lipinski definition) is 0. The first-order valence-corrected chi connectivity index (χ1v) is 8.43. The first-order valence-electron chi connectivity index (χ1n) is 8.05. The average Bonchev–Trinajstić information content (AvgIpc) is 3.09. The van der Waals surface area contributed by atoms with E-state index in [0.717, 1.165) is 49.6 Å². The molecule has 1 aromatic carbocycles. The molecular weight excluding hydrogens is 300 g/mol. The number of amides is 1. The van der Waals surface area contributed by atoms with E-state index in [-0.39, 0.29) is 18.1 Å². The van der Waals surface area contributed by atoms with E-state index in [9.17, 15) is 4.79 Å². The van der Waals surface area contributed by atoms with E-state index >= 15 is 0 Å². The number of ether oxygens (including phenoxy) is 1. The van der Waals surface area contributed by atoms with Gasteiger partial charge in [-0.15, -0.1) is 0 Å². The standard InChI is InChI=1S/C17H23ClN2O2/c1-13(17(21)19-8-2-3-9-19)20-10-11-22-16(12-20)14-4-6-15(18)7-5-14/h4-7,13,16H,2-3,8-12H2,1H3/t13-,16-/m1/s1. The normalized spacial score (nSPS) is 24.5. The minimum atomic E-state index is -0.0724. The fourth-order valence-electron chi connectivity index (χ4n) is 3.26. The largest absolute Gasteiger partial charge is 0.371 e. The Labute approximate surface area is 137 Å². The Morgan fingerprint density at radius 3 is 2.59 bits per heavy atom. The second kappa shape index (κ2) is 6.99. The summed E-state index contributed by atoms with van der Waals surface area (Å²) in [6.45, 7) is 6.06. The summed E-state index contributed by atoms with van der Waals surface area (Å²) in [7, 11) is 0. The molecule has 22 heavy (non-hydrogen) atoms. The van der Waals surface area contributed by atoms with Crippen molar-refractivity contribution in [3.63, 3.8) is 0 Å². The lowest BCUT2D eigenvalue weighted by Gasteiger charge is -2.37. The van der Waals surface area contributed by atoms with E-state index in [1.165, 1.54) is 0 Å². The zero-order valence-corrected chi connectivity index (χ0v) is 13.8. The van der Waals surface area contributed by atoms with E-state index in [2.05, 4.69) is 4.90 Å². The summed E-state index contributed by atoms with van der Waals surface area (Å²) in [6, 6.07) is 7.71. The third kappa shape index (κ3) is 3.45. The van der Waals surface area contributed by atoms with Gasteiger partial charge in [0.25, 0.3) is 0 Å². The molecule has 0 bridgehead atoms. The zero-order valence-electron chi connectivity index (χ0n) is 13.0. The Morgan fingerprint density at radius 2 is 1.91 bits per heavy atom. The van der Waals surface area contributed by atoms with Gasteiger partial charge in [-0.05, 0) is 37.5 Å². The molecule has 0 radical (unpaired) electrons. The van der Waals surface area contributed by atoms with Crippen LogP contribution >= 0.6 is 11.6 Å². The van der Waals surface area contributed by atoms with E-state index in [4.69, 9.17) is 16.3 Å². The fraction of sp³-hybridized carbons (Fsp3) is 0.588. The Hall–Kier alpha value is -1.10. The molecule has 120 valence electrons. The van der Waals surface area contributed by atoms with Crippen molar-refractivity contribution in [1.82, 2.24) is 9.80 Å². The number of carbonyl (C=O) groups is 1. The summed E-state index contributed by atoms with van der Waals surface area (Å²) in [5.41, 5.74) is 1.12. The third-order valence-electron chi connectivity index (χ3n) is 4.66. The van der Waals surface area contributed by atoms with Crippen LogP contribution in [0.25, 0.3) is 0 Å². The molecule has 2 heterocycles. The number of hydrogen-bond acceptors (Lipinski definition) is 3. The fourth-order valence-corrected chi connectivity index (χ4v) is 3.38. The first kappa shape index (κ1) is 15.8. The highest BCUT2D eigenvalue weighted by molar-refractivity contribution is 6.30. The summed E-state index contributed by atoms with van der Waals surface area (Å²) in [6.07, 6.45) is 2.28. The van der Waals surface area contributed by atoms with Crippen LogP contribution in [0.1, 0.15) is 31.4 Å². The van der Waals surface area contributed by atoms with Crippen LogP contribution in [0.5, 0.6) is 0 Å². The molecule has 2 fully saturated rings. The van der Waals surface area contributed by atoms with Crippen molar-refractivity contribution in [3.8, 4) is 0 Å². The van der Waals surface area contributed by atoms with Gasteiger partial charge in [-0.25, -0.2) is 0 Å². The Balaban J connectivity index is 1.64. The average molecular weight is 323 g/mol. The molecule has 2 aliphatic heterocycles. The van der Waals surface area contributed by atoms with E-state index in [1.807, 2.05) is 36.1 Å². The van der Waals surface area contributed by atoms with Crippen molar-refractivity contribution in [2.75, 3.05) is 32.8 Å². The maximum Gasteiger partial charge on any atom is 0.239 e. The highest BCUT2D eigenvalue weighted by atomic mass is 35.5. The lowest BCUT2D eigenvalue weighted by molar-refractivity contribution is -0.138. The summed E-state index contributed by atoms with van der Waals surface area (Å²) in [5.74, 6) is 0.259. The molecule has 0 aliphatic carbocycles. The summed E-state index contributed by atoms with van der Waals surface area (Å²) in [5, 5.41) is 0.731. The predicted octanol–water partition coefficient (Wildman–Crippen LogP) is 2.72. The number of halogens is 1. The molecule has 1 aromatic rings. The molecule has 2 saturated heterocycles. The summed E-state index contributed by atoms with van der Waals surface area (Å²) in [4.78, 5) is 16.8. The highest BCUT2D eigenvalue weighted by Crippen LogP contribution is 2.25. The van der Waals surface area contributed by atoms with Crippen LogP contribution in [0.4, 0.5) is 0 Å². The molecule has 2 aliphatic rings. The van der Waals surface area contributed by atoms with Crippen LogP contribution in [-0.2, 0) is 9.53 Å². The van der Waals surface area contributed by atoms with Crippen molar-refractivity contribution in [1.29, 1.82) is 0 Å². The molecule has 4 nitrogen and oxygen atoms in total. The molecule has 0 aromatic heterocycles. The second-order valence-electron chi connectivity index (χ2n) is 6.11. The van der Waals surface area contributed by atoms with Crippen LogP contribution in [-0.4, -0.2) is 54.5 Å². The van der Waals surface area contributed by atoms with Crippen molar-refractivity contribution in [3.05, 3.63) is 34.9 Å². The molecule has 3 rings (SSSR count). The second-order valence-corrected chi connectivity index (χ2v) is 6.55. The van der Waals surface area contributed by atoms with E-state index in [0.29, 0.717) is 6.61 Å². The van der Waals surface area contributed by atoms with Crippen molar-refractivity contribution >= 4 is 17.5 Å².